The summed E-state index contributed by atoms with van der Waals surface area (Å²) in [6, 6.07) is 1.76. The van der Waals surface area contributed by atoms with Crippen molar-refractivity contribution in [3.63, 3.8) is 0 Å². The van der Waals surface area contributed by atoms with Gasteiger partial charge in [-0.05, 0) is 63.3 Å². The highest BCUT2D eigenvalue weighted by Crippen LogP contribution is 2.24. The Morgan fingerprint density at radius 1 is 0.895 bits per heavy atom. The standard InChI is InChI=1S/C36H60N8O13/c1-19(2)28(42-32(50)20(3)38)35(53)39-14-8-15-56-36-31(49)30(48)29(47)26(57-36)18-55-16-12-27(46)41-24(9-6-7-13-37)34(52)44-43-33(51)23-17-22(40-21(4)45)10-11-25(23)54-5/h10-11,17,19-20,24,26,28-31,36,47-49H,6-9,12-16,18,37-38H2,1-5H3,(H,39,53)(H,40,45)(H,41,46)(H,42,50)(H,43,51)(H,44,52)/t20-,24-,26+,28-,29+,30-,31+,36?/m0/s1. The van der Waals surface area contributed by atoms with E-state index in [9.17, 15) is 44.1 Å². The molecule has 1 fully saturated rings. The molecule has 21 heteroatoms. The number of anilines is 1. The highest BCUT2D eigenvalue weighted by Gasteiger charge is 2.44. The number of hydrogen-bond acceptors (Lipinski definition) is 15. The number of benzene rings is 1. The highest BCUT2D eigenvalue weighted by atomic mass is 16.7. The minimum Gasteiger partial charge on any atom is -0.496 e. The molecule has 1 saturated heterocycles. The average molecular weight is 813 g/mol. The van der Waals surface area contributed by atoms with Crippen molar-refractivity contribution in [3.05, 3.63) is 23.8 Å². The number of unbranched alkanes of at least 4 members (excludes halogenated alkanes) is 1. The van der Waals surface area contributed by atoms with Crippen molar-refractivity contribution in [2.75, 3.05) is 45.3 Å². The zero-order valence-electron chi connectivity index (χ0n) is 33.1. The normalized spacial score (nSPS) is 20.7. The SMILES string of the molecule is COc1ccc(NC(C)=O)cc1C(=O)NNC(=O)[C@H](CCCCN)NC(=O)CCOC[C@H]1OC(OCCCNC(=O)[C@@H](NC(=O)[C@H](C)N)C(C)C)[C@H](O)[C@@H](O)[C@@H]1O. The number of nitrogens with one attached hydrogen (secondary N) is 6. The van der Waals surface area contributed by atoms with Crippen molar-refractivity contribution in [2.45, 2.75) is 109 Å². The van der Waals surface area contributed by atoms with Crippen LogP contribution in [-0.4, -0.2) is 140 Å². The molecule has 1 aromatic rings. The molecule has 57 heavy (non-hydrogen) atoms. The molecule has 1 heterocycles. The first kappa shape index (κ1) is 48.7. The van der Waals surface area contributed by atoms with E-state index >= 15 is 0 Å². The van der Waals surface area contributed by atoms with Crippen molar-refractivity contribution < 1.29 is 63.0 Å². The smallest absolute Gasteiger partial charge is 0.273 e. The van der Waals surface area contributed by atoms with E-state index in [1.54, 1.807) is 19.9 Å². The van der Waals surface area contributed by atoms with Crippen LogP contribution < -0.4 is 48.3 Å². The third-order valence-electron chi connectivity index (χ3n) is 8.65. The van der Waals surface area contributed by atoms with Gasteiger partial charge in [-0.25, -0.2) is 0 Å². The van der Waals surface area contributed by atoms with Gasteiger partial charge < -0.3 is 67.0 Å². The molecule has 1 aliphatic heterocycles. The fourth-order valence-corrected chi connectivity index (χ4v) is 5.44. The van der Waals surface area contributed by atoms with E-state index in [4.69, 9.17) is 30.4 Å². The van der Waals surface area contributed by atoms with Gasteiger partial charge in [0.15, 0.2) is 6.29 Å². The van der Waals surface area contributed by atoms with Crippen LogP contribution in [-0.2, 0) is 38.2 Å². The molecule has 1 unspecified atom stereocenters. The molecule has 0 saturated carbocycles. The Morgan fingerprint density at radius 2 is 1.61 bits per heavy atom. The van der Waals surface area contributed by atoms with Crippen molar-refractivity contribution in [2.24, 2.45) is 17.4 Å². The van der Waals surface area contributed by atoms with Crippen LogP contribution in [0.3, 0.4) is 0 Å². The number of hydrazine groups is 1. The van der Waals surface area contributed by atoms with Crippen LogP contribution in [0.15, 0.2) is 18.2 Å². The molecule has 2 rings (SSSR count). The second-order valence-electron chi connectivity index (χ2n) is 13.8. The average Bonchev–Trinajstić information content (AvgIpc) is 3.16. The highest BCUT2D eigenvalue weighted by molar-refractivity contribution is 6.00. The summed E-state index contributed by atoms with van der Waals surface area (Å²) in [5.41, 5.74) is 16.1. The zero-order chi connectivity index (χ0) is 42.7. The molecule has 0 radical (unpaired) electrons. The number of aliphatic hydroxyl groups is 3. The summed E-state index contributed by atoms with van der Waals surface area (Å²) in [6.45, 7) is 6.40. The van der Waals surface area contributed by atoms with E-state index in [0.29, 0.717) is 25.1 Å². The van der Waals surface area contributed by atoms with Crippen LogP contribution in [0.5, 0.6) is 5.75 Å². The van der Waals surface area contributed by atoms with Gasteiger partial charge in [-0.2, -0.15) is 0 Å². The molecule has 13 N–H and O–H groups in total. The summed E-state index contributed by atoms with van der Waals surface area (Å²) in [4.78, 5) is 74.8. The van der Waals surface area contributed by atoms with Crippen molar-refractivity contribution >= 4 is 41.1 Å². The Kier molecular flexibility index (Phi) is 21.3. The Hall–Kier alpha value is -4.48. The van der Waals surface area contributed by atoms with Crippen LogP contribution in [0, 0.1) is 5.92 Å². The summed E-state index contributed by atoms with van der Waals surface area (Å²) < 4.78 is 22.0. The first-order valence-corrected chi connectivity index (χ1v) is 18.8. The lowest BCUT2D eigenvalue weighted by Crippen LogP contribution is -2.59. The zero-order valence-corrected chi connectivity index (χ0v) is 33.1. The molecule has 21 nitrogen and oxygen atoms in total. The largest absolute Gasteiger partial charge is 0.496 e. The number of carbonyl (C=O) groups excluding carboxylic acids is 6. The first-order valence-electron chi connectivity index (χ1n) is 18.8. The van der Waals surface area contributed by atoms with Crippen molar-refractivity contribution in [3.8, 4) is 5.75 Å². The number of aliphatic hydroxyl groups excluding tert-OH is 3. The fraction of sp³-hybridized carbons (Fsp3) is 0.667. The van der Waals surface area contributed by atoms with Crippen LogP contribution in [0.25, 0.3) is 0 Å². The summed E-state index contributed by atoms with van der Waals surface area (Å²) in [6.07, 6.45) is -5.96. The molecule has 6 amide bonds. The predicted octanol–water partition coefficient (Wildman–Crippen LogP) is -2.75. The summed E-state index contributed by atoms with van der Waals surface area (Å²) >= 11 is 0. The molecule has 0 aliphatic carbocycles. The lowest BCUT2D eigenvalue weighted by atomic mass is 9.99. The topological polar surface area (TPSA) is 324 Å². The Morgan fingerprint density at radius 3 is 2.25 bits per heavy atom. The van der Waals surface area contributed by atoms with Gasteiger partial charge in [0.2, 0.25) is 23.6 Å². The monoisotopic (exact) mass is 812 g/mol. The Labute approximate surface area is 331 Å². The number of methoxy groups -OCH3 is 1. The van der Waals surface area contributed by atoms with Gasteiger partial charge in [-0.15, -0.1) is 0 Å². The third-order valence-corrected chi connectivity index (χ3v) is 8.65. The number of amides is 6. The molecule has 0 spiro atoms. The van der Waals surface area contributed by atoms with E-state index in [1.165, 1.54) is 33.1 Å². The quantitative estimate of drug-likeness (QED) is 0.0394. The van der Waals surface area contributed by atoms with Gasteiger partial charge in [0.1, 0.15) is 42.2 Å². The molecular weight excluding hydrogens is 752 g/mol. The maximum absolute atomic E-state index is 13.1. The van der Waals surface area contributed by atoms with Gasteiger partial charge in [-0.3, -0.25) is 39.6 Å². The third kappa shape index (κ3) is 16.5. The van der Waals surface area contributed by atoms with E-state index in [1.807, 2.05) is 0 Å². The van der Waals surface area contributed by atoms with Crippen LogP contribution in [0.1, 0.15) is 70.2 Å². The van der Waals surface area contributed by atoms with Gasteiger partial charge in [0.05, 0.1) is 38.5 Å². The number of rotatable bonds is 23. The van der Waals surface area contributed by atoms with Crippen LogP contribution in [0.2, 0.25) is 0 Å². The van der Waals surface area contributed by atoms with Crippen LogP contribution >= 0.6 is 0 Å². The molecule has 1 aromatic carbocycles. The lowest BCUT2D eigenvalue weighted by Gasteiger charge is -2.40. The molecular formula is C36H60N8O13. The van der Waals surface area contributed by atoms with E-state index in [2.05, 4.69) is 32.1 Å². The van der Waals surface area contributed by atoms with Gasteiger partial charge in [0.25, 0.3) is 11.8 Å². The van der Waals surface area contributed by atoms with Gasteiger partial charge >= 0.3 is 0 Å². The van der Waals surface area contributed by atoms with Gasteiger partial charge in [-0.1, -0.05) is 13.8 Å². The number of hydrogen-bond donors (Lipinski definition) is 11. The van der Waals surface area contributed by atoms with E-state index < -0.39 is 78.4 Å². The number of ether oxygens (including phenoxy) is 4. The summed E-state index contributed by atoms with van der Waals surface area (Å²) in [5.74, 6) is -3.25. The fourth-order valence-electron chi connectivity index (χ4n) is 5.44. The van der Waals surface area contributed by atoms with E-state index in [0.717, 1.165) is 0 Å². The molecule has 322 valence electrons. The van der Waals surface area contributed by atoms with Gasteiger partial charge in [0, 0.05) is 25.6 Å². The first-order chi connectivity index (χ1) is 27.0. The predicted molar refractivity (Wildman–Crippen MR) is 204 cm³/mol. The maximum atomic E-state index is 13.1. The number of nitrogens with two attached hydrogens (primary N) is 2. The van der Waals surface area contributed by atoms with Crippen LogP contribution in [0.4, 0.5) is 5.69 Å². The summed E-state index contributed by atoms with van der Waals surface area (Å²) in [7, 11) is 1.35. The maximum Gasteiger partial charge on any atom is 0.273 e. The Bertz CT molecular complexity index is 1480. The second kappa shape index (κ2) is 25.0. The molecule has 0 bridgehead atoms. The lowest BCUT2D eigenvalue weighted by molar-refractivity contribution is -0.302. The number of carbonyl (C=O) groups is 6. The molecule has 0 aromatic heterocycles. The Balaban J connectivity index is 1.85. The molecule has 8 atom stereocenters. The van der Waals surface area contributed by atoms with E-state index in [-0.39, 0.29) is 68.8 Å². The minimum absolute atomic E-state index is 0.0131. The summed E-state index contributed by atoms with van der Waals surface area (Å²) in [5, 5.41) is 41.8. The second-order valence-corrected chi connectivity index (χ2v) is 13.8. The molecule has 1 aliphatic rings. The van der Waals surface area contributed by atoms with Crippen molar-refractivity contribution in [1.29, 1.82) is 0 Å². The minimum atomic E-state index is -1.64. The van der Waals surface area contributed by atoms with Crippen molar-refractivity contribution in [1.82, 2.24) is 26.8 Å².